The average molecular weight is 504 g/mol. The monoisotopic (exact) mass is 503 g/mol. The van der Waals surface area contributed by atoms with E-state index in [-0.39, 0.29) is 30.4 Å². The molecule has 192 valence electrons. The van der Waals surface area contributed by atoms with Crippen molar-refractivity contribution in [3.63, 3.8) is 0 Å². The number of hydrogen-bond donors (Lipinski definition) is 2. The Morgan fingerprint density at radius 2 is 1.95 bits per heavy atom. The predicted octanol–water partition coefficient (Wildman–Crippen LogP) is 3.96. The van der Waals surface area contributed by atoms with E-state index in [2.05, 4.69) is 40.8 Å². The first kappa shape index (κ1) is 24.7. The first-order chi connectivity index (χ1) is 18.0. The SMILES string of the molecule is CC(C)Nc1cncc(-c2ccc3cnc(NC(=O)c4cn(C5CCN(CCF)CC5)nn4)cc3c2)n1. The van der Waals surface area contributed by atoms with Crippen molar-refractivity contribution in [1.82, 2.24) is 34.8 Å². The number of alkyl halides is 1. The Hall–Kier alpha value is -3.99. The molecule has 1 amide bonds. The molecule has 2 N–H and O–H groups in total. The molecule has 1 aliphatic heterocycles. The van der Waals surface area contributed by atoms with Gasteiger partial charge in [-0.15, -0.1) is 5.10 Å². The summed E-state index contributed by atoms with van der Waals surface area (Å²) in [4.78, 5) is 28.3. The molecule has 0 radical (unpaired) electrons. The highest BCUT2D eigenvalue weighted by atomic mass is 19.1. The van der Waals surface area contributed by atoms with E-state index in [0.717, 1.165) is 48.0 Å². The lowest BCUT2D eigenvalue weighted by atomic mass is 10.1. The quantitative estimate of drug-likeness (QED) is 0.371. The van der Waals surface area contributed by atoms with Gasteiger partial charge in [-0.25, -0.2) is 19.0 Å². The summed E-state index contributed by atoms with van der Waals surface area (Å²) in [5.41, 5.74) is 1.89. The molecule has 4 heterocycles. The molecule has 0 atom stereocenters. The lowest BCUT2D eigenvalue weighted by Crippen LogP contribution is -2.36. The Morgan fingerprint density at radius 1 is 1.11 bits per heavy atom. The van der Waals surface area contributed by atoms with E-state index in [0.29, 0.717) is 18.2 Å². The number of halogens is 1. The molecule has 1 aliphatic rings. The average Bonchev–Trinajstić information content (AvgIpc) is 3.39. The van der Waals surface area contributed by atoms with Crippen molar-refractivity contribution in [2.24, 2.45) is 0 Å². The zero-order chi connectivity index (χ0) is 25.8. The predicted molar refractivity (Wildman–Crippen MR) is 140 cm³/mol. The van der Waals surface area contributed by atoms with Gasteiger partial charge in [0.15, 0.2) is 5.69 Å². The molecule has 37 heavy (non-hydrogen) atoms. The standard InChI is InChI=1S/C26H30FN9O/c1-17(2)30-25-15-28-14-22(31-25)18-3-4-19-13-29-24(12-20(19)11-18)32-26(37)23-16-36(34-33-23)21-5-8-35(9-6-21)10-7-27/h3-4,11-17,21H,5-10H2,1-2H3,(H,30,31)(H,29,32,37). The number of likely N-dealkylation sites (tertiary alicyclic amines) is 1. The summed E-state index contributed by atoms with van der Waals surface area (Å²) in [7, 11) is 0. The lowest BCUT2D eigenvalue weighted by molar-refractivity contribution is 0.102. The van der Waals surface area contributed by atoms with E-state index in [1.807, 2.05) is 38.1 Å². The van der Waals surface area contributed by atoms with Gasteiger partial charge in [0.25, 0.3) is 5.91 Å². The molecule has 10 nitrogen and oxygen atoms in total. The van der Waals surface area contributed by atoms with Gasteiger partial charge in [-0.1, -0.05) is 17.3 Å². The van der Waals surface area contributed by atoms with Crippen LogP contribution >= 0.6 is 0 Å². The largest absolute Gasteiger partial charge is 0.367 e. The van der Waals surface area contributed by atoms with Crippen LogP contribution in [0, 0.1) is 0 Å². The van der Waals surface area contributed by atoms with Crippen molar-refractivity contribution in [3.8, 4) is 11.3 Å². The van der Waals surface area contributed by atoms with Crippen LogP contribution in [0.15, 0.2) is 49.1 Å². The maximum absolute atomic E-state index is 12.9. The van der Waals surface area contributed by atoms with Gasteiger partial charge >= 0.3 is 0 Å². The van der Waals surface area contributed by atoms with Gasteiger partial charge in [-0.05, 0) is 44.2 Å². The van der Waals surface area contributed by atoms with Crippen LogP contribution < -0.4 is 10.6 Å². The molecule has 0 unspecified atom stereocenters. The maximum atomic E-state index is 12.9. The summed E-state index contributed by atoms with van der Waals surface area (Å²) < 4.78 is 14.3. The Morgan fingerprint density at radius 3 is 2.73 bits per heavy atom. The number of benzene rings is 1. The van der Waals surface area contributed by atoms with E-state index in [4.69, 9.17) is 0 Å². The highest BCUT2D eigenvalue weighted by Gasteiger charge is 2.22. The zero-order valence-electron chi connectivity index (χ0n) is 20.9. The molecule has 3 aromatic heterocycles. The highest BCUT2D eigenvalue weighted by molar-refractivity contribution is 6.03. The number of carbonyl (C=O) groups is 1. The smallest absolute Gasteiger partial charge is 0.278 e. The van der Waals surface area contributed by atoms with Crippen molar-refractivity contribution < 1.29 is 9.18 Å². The topological polar surface area (TPSA) is 114 Å². The van der Waals surface area contributed by atoms with Crippen molar-refractivity contribution in [2.75, 3.05) is 36.9 Å². The molecule has 0 spiro atoms. The summed E-state index contributed by atoms with van der Waals surface area (Å²) in [6.45, 7) is 5.85. The number of rotatable bonds is 8. The highest BCUT2D eigenvalue weighted by Crippen LogP contribution is 2.25. The summed E-state index contributed by atoms with van der Waals surface area (Å²) >= 11 is 0. The molecule has 0 bridgehead atoms. The van der Waals surface area contributed by atoms with Crippen LogP contribution in [0.5, 0.6) is 0 Å². The third-order valence-electron chi connectivity index (χ3n) is 6.41. The second-order valence-electron chi connectivity index (χ2n) is 9.52. The van der Waals surface area contributed by atoms with Crippen LogP contribution in [0.25, 0.3) is 22.0 Å². The second-order valence-corrected chi connectivity index (χ2v) is 9.52. The molecule has 1 fully saturated rings. The number of aromatic nitrogens is 6. The van der Waals surface area contributed by atoms with Gasteiger partial charge in [-0.2, -0.15) is 0 Å². The molecule has 11 heteroatoms. The number of amides is 1. The summed E-state index contributed by atoms with van der Waals surface area (Å²) in [6.07, 6.45) is 8.51. The van der Waals surface area contributed by atoms with E-state index in [1.54, 1.807) is 29.5 Å². The summed E-state index contributed by atoms with van der Waals surface area (Å²) in [5.74, 6) is 0.765. The number of carbonyl (C=O) groups excluding carboxylic acids is 1. The fourth-order valence-corrected chi connectivity index (χ4v) is 4.51. The number of hydrogen-bond acceptors (Lipinski definition) is 8. The van der Waals surface area contributed by atoms with Crippen LogP contribution in [0.3, 0.4) is 0 Å². The van der Waals surface area contributed by atoms with Crippen molar-refractivity contribution in [3.05, 3.63) is 54.7 Å². The van der Waals surface area contributed by atoms with Gasteiger partial charge in [0.1, 0.15) is 18.3 Å². The Labute approximate surface area is 214 Å². The fraction of sp³-hybridized carbons (Fsp3) is 0.385. The number of nitrogens with zero attached hydrogens (tertiary/aromatic N) is 7. The minimum atomic E-state index is -0.373. The van der Waals surface area contributed by atoms with Gasteiger partial charge in [0.05, 0.1) is 30.3 Å². The van der Waals surface area contributed by atoms with Crippen molar-refractivity contribution >= 4 is 28.3 Å². The molecule has 0 aliphatic carbocycles. The fourth-order valence-electron chi connectivity index (χ4n) is 4.51. The first-order valence-electron chi connectivity index (χ1n) is 12.5. The van der Waals surface area contributed by atoms with E-state index in [9.17, 15) is 9.18 Å². The van der Waals surface area contributed by atoms with E-state index < -0.39 is 0 Å². The minimum Gasteiger partial charge on any atom is -0.367 e. The second kappa shape index (κ2) is 11.0. The normalized spacial score (nSPS) is 14.8. The number of piperidine rings is 1. The Bertz CT molecular complexity index is 1380. The molecule has 1 aromatic carbocycles. The third-order valence-corrected chi connectivity index (χ3v) is 6.41. The molecule has 4 aromatic rings. The lowest BCUT2D eigenvalue weighted by Gasteiger charge is -2.30. The number of fused-ring (bicyclic) bond motifs is 1. The van der Waals surface area contributed by atoms with Crippen LogP contribution in [-0.4, -0.2) is 73.1 Å². The van der Waals surface area contributed by atoms with E-state index >= 15 is 0 Å². The van der Waals surface area contributed by atoms with Gasteiger partial charge in [0.2, 0.25) is 0 Å². The van der Waals surface area contributed by atoms with Gasteiger partial charge in [-0.3, -0.25) is 9.78 Å². The third kappa shape index (κ3) is 5.88. The molecule has 0 saturated carbocycles. The summed E-state index contributed by atoms with van der Waals surface area (Å²) in [5, 5.41) is 16.2. The number of pyridine rings is 1. The Kier molecular flexibility index (Phi) is 7.31. The molecule has 5 rings (SSSR count). The van der Waals surface area contributed by atoms with Crippen LogP contribution in [0.1, 0.15) is 43.2 Å². The zero-order valence-corrected chi connectivity index (χ0v) is 20.9. The van der Waals surface area contributed by atoms with Crippen LogP contribution in [-0.2, 0) is 0 Å². The molecular weight excluding hydrogens is 473 g/mol. The minimum absolute atomic E-state index is 0.152. The number of nitrogens with one attached hydrogen (secondary N) is 2. The van der Waals surface area contributed by atoms with Crippen LogP contribution in [0.2, 0.25) is 0 Å². The summed E-state index contributed by atoms with van der Waals surface area (Å²) in [6, 6.07) is 8.18. The van der Waals surface area contributed by atoms with E-state index in [1.165, 1.54) is 0 Å². The first-order valence-corrected chi connectivity index (χ1v) is 12.5. The molecular formula is C26H30FN9O. The van der Waals surface area contributed by atoms with Crippen LogP contribution in [0.4, 0.5) is 16.0 Å². The maximum Gasteiger partial charge on any atom is 0.278 e. The van der Waals surface area contributed by atoms with Crippen molar-refractivity contribution in [1.29, 1.82) is 0 Å². The number of anilines is 2. The molecule has 1 saturated heterocycles. The van der Waals surface area contributed by atoms with Gasteiger partial charge < -0.3 is 15.5 Å². The van der Waals surface area contributed by atoms with Crippen molar-refractivity contribution in [2.45, 2.75) is 38.8 Å². The Balaban J connectivity index is 1.28. The van der Waals surface area contributed by atoms with Gasteiger partial charge in [0, 0.05) is 42.8 Å².